The van der Waals surface area contributed by atoms with Crippen LogP contribution in [0.2, 0.25) is 0 Å². The smallest absolute Gasteiger partial charge is 0.232 e. The standard InChI is InChI=1S/C41H56N4O3S/c1-2-3-4-5-6-7-8-9-10-11-12-13-14-24-33-49(47,48)45-36-28-19-18-27-35(36)40(44-38-30-21-23-32-43-38)39(37-29-20-22-31-42-37)41(46)34-25-16-15-17-26-34/h15-23,25-32,39-41,45-46H,2-14,24,33H2,1H3,(H,43,44). The summed E-state index contributed by atoms with van der Waals surface area (Å²) >= 11 is 0. The van der Waals surface area contributed by atoms with Gasteiger partial charge in [-0.1, -0.05) is 151 Å². The number of pyridine rings is 2. The predicted molar refractivity (Wildman–Crippen MR) is 203 cm³/mol. The van der Waals surface area contributed by atoms with Gasteiger partial charge in [-0.15, -0.1) is 0 Å². The third kappa shape index (κ3) is 13.2. The van der Waals surface area contributed by atoms with Crippen LogP contribution in [0.4, 0.5) is 11.5 Å². The first-order valence-electron chi connectivity index (χ1n) is 18.4. The number of benzene rings is 2. The lowest BCUT2D eigenvalue weighted by Crippen LogP contribution is -2.28. The monoisotopic (exact) mass is 684 g/mol. The molecule has 0 aliphatic rings. The first kappa shape index (κ1) is 38.1. The highest BCUT2D eigenvalue weighted by Gasteiger charge is 2.35. The zero-order valence-electron chi connectivity index (χ0n) is 29.2. The fourth-order valence-electron chi connectivity index (χ4n) is 6.48. The lowest BCUT2D eigenvalue weighted by molar-refractivity contribution is 0.133. The van der Waals surface area contributed by atoms with Gasteiger partial charge in [-0.25, -0.2) is 13.4 Å². The molecule has 2 aromatic heterocycles. The van der Waals surface area contributed by atoms with E-state index in [4.69, 9.17) is 0 Å². The number of aromatic nitrogens is 2. The molecular weight excluding hydrogens is 629 g/mol. The minimum absolute atomic E-state index is 0.0635. The van der Waals surface area contributed by atoms with Crippen LogP contribution in [0.1, 0.15) is 132 Å². The van der Waals surface area contributed by atoms with Crippen LogP contribution in [-0.2, 0) is 10.0 Å². The van der Waals surface area contributed by atoms with Crippen molar-refractivity contribution >= 4 is 21.5 Å². The molecule has 0 amide bonds. The molecule has 8 heteroatoms. The molecule has 0 saturated carbocycles. The van der Waals surface area contributed by atoms with Crippen LogP contribution in [0, 0.1) is 0 Å². The largest absolute Gasteiger partial charge is 0.388 e. The van der Waals surface area contributed by atoms with Crippen molar-refractivity contribution in [2.75, 3.05) is 15.8 Å². The Balaban J connectivity index is 1.41. The van der Waals surface area contributed by atoms with Crippen LogP contribution in [0.3, 0.4) is 0 Å². The van der Waals surface area contributed by atoms with Gasteiger partial charge in [0, 0.05) is 18.1 Å². The second-order valence-electron chi connectivity index (χ2n) is 13.1. The molecule has 0 fully saturated rings. The van der Waals surface area contributed by atoms with Gasteiger partial charge in [0.05, 0.1) is 29.5 Å². The molecule has 0 radical (unpaired) electrons. The van der Waals surface area contributed by atoms with Crippen LogP contribution in [0.5, 0.6) is 0 Å². The fraction of sp³-hybridized carbons (Fsp3) is 0.463. The molecule has 49 heavy (non-hydrogen) atoms. The molecule has 2 heterocycles. The van der Waals surface area contributed by atoms with Gasteiger partial charge in [-0.2, -0.15) is 0 Å². The molecule has 3 unspecified atom stereocenters. The van der Waals surface area contributed by atoms with Gasteiger partial charge >= 0.3 is 0 Å². The highest BCUT2D eigenvalue weighted by molar-refractivity contribution is 7.92. The van der Waals surface area contributed by atoms with Gasteiger partial charge in [0.1, 0.15) is 5.82 Å². The van der Waals surface area contributed by atoms with E-state index in [1.54, 1.807) is 18.5 Å². The van der Waals surface area contributed by atoms with Crippen molar-refractivity contribution < 1.29 is 13.5 Å². The van der Waals surface area contributed by atoms with E-state index >= 15 is 0 Å². The fourth-order valence-corrected chi connectivity index (χ4v) is 7.69. The van der Waals surface area contributed by atoms with Crippen molar-refractivity contribution in [1.82, 2.24) is 9.97 Å². The molecule has 3 atom stereocenters. The maximum absolute atomic E-state index is 13.4. The Kier molecular flexibility index (Phi) is 16.6. The summed E-state index contributed by atoms with van der Waals surface area (Å²) in [5.74, 6) is 0.0874. The summed E-state index contributed by atoms with van der Waals surface area (Å²) < 4.78 is 29.8. The van der Waals surface area contributed by atoms with Crippen molar-refractivity contribution in [2.24, 2.45) is 0 Å². The molecule has 0 spiro atoms. The topological polar surface area (TPSA) is 104 Å². The summed E-state index contributed by atoms with van der Waals surface area (Å²) in [5.41, 5.74) is 2.58. The quantitative estimate of drug-likeness (QED) is 0.0635. The zero-order chi connectivity index (χ0) is 34.6. The third-order valence-corrected chi connectivity index (χ3v) is 10.5. The number of sulfonamides is 1. The summed E-state index contributed by atoms with van der Waals surface area (Å²) in [7, 11) is -3.61. The lowest BCUT2D eigenvalue weighted by Gasteiger charge is -2.33. The Bertz CT molecular complexity index is 1560. The number of nitrogens with one attached hydrogen (secondary N) is 2. The number of nitrogens with zero attached hydrogens (tertiary/aromatic N) is 2. The second-order valence-corrected chi connectivity index (χ2v) is 14.9. The SMILES string of the molecule is CCCCCCCCCCCCCCCCS(=O)(=O)Nc1ccccc1C(Nc1ccccn1)C(c1ccccn1)C(O)c1ccccc1. The van der Waals surface area contributed by atoms with Gasteiger partial charge in [-0.05, 0) is 47.9 Å². The molecule has 7 nitrogen and oxygen atoms in total. The van der Waals surface area contributed by atoms with E-state index in [9.17, 15) is 13.5 Å². The van der Waals surface area contributed by atoms with Crippen molar-refractivity contribution in [3.05, 3.63) is 120 Å². The van der Waals surface area contributed by atoms with E-state index in [1.807, 2.05) is 84.9 Å². The number of unbranched alkanes of at least 4 members (excludes halogenated alkanes) is 13. The maximum Gasteiger partial charge on any atom is 0.232 e. The molecule has 0 bridgehead atoms. The summed E-state index contributed by atoms with van der Waals surface area (Å²) in [4.78, 5) is 9.17. The van der Waals surface area contributed by atoms with E-state index in [0.717, 1.165) is 24.8 Å². The summed E-state index contributed by atoms with van der Waals surface area (Å²) in [6.45, 7) is 2.26. The highest BCUT2D eigenvalue weighted by Crippen LogP contribution is 2.44. The Morgan fingerprint density at radius 3 is 1.78 bits per heavy atom. The molecule has 3 N–H and O–H groups in total. The lowest BCUT2D eigenvalue weighted by atomic mass is 9.82. The summed E-state index contributed by atoms with van der Waals surface area (Å²) in [6, 6.07) is 27.5. The first-order valence-corrected chi connectivity index (χ1v) is 20.0. The van der Waals surface area contributed by atoms with Gasteiger partial charge < -0.3 is 10.4 Å². The minimum Gasteiger partial charge on any atom is -0.388 e. The van der Waals surface area contributed by atoms with Gasteiger partial charge in [0.15, 0.2) is 0 Å². The van der Waals surface area contributed by atoms with Crippen molar-refractivity contribution in [3.63, 3.8) is 0 Å². The normalized spacial score (nSPS) is 13.4. The van der Waals surface area contributed by atoms with Crippen LogP contribution in [-0.4, -0.2) is 29.2 Å². The van der Waals surface area contributed by atoms with E-state index in [-0.39, 0.29) is 5.75 Å². The molecule has 4 rings (SSSR count). The third-order valence-electron chi connectivity index (χ3n) is 9.17. The van der Waals surface area contributed by atoms with Gasteiger partial charge in [0.25, 0.3) is 0 Å². The van der Waals surface area contributed by atoms with Crippen LogP contribution >= 0.6 is 0 Å². The Labute approximate surface area is 295 Å². The number of aliphatic hydroxyl groups excluding tert-OH is 1. The Morgan fingerprint density at radius 2 is 1.18 bits per heavy atom. The van der Waals surface area contributed by atoms with Crippen molar-refractivity contribution in [3.8, 4) is 0 Å². The van der Waals surface area contributed by atoms with Crippen LogP contribution in [0.25, 0.3) is 0 Å². The van der Waals surface area contributed by atoms with Crippen molar-refractivity contribution in [2.45, 2.75) is 115 Å². The number of rotatable bonds is 24. The molecule has 2 aromatic carbocycles. The van der Waals surface area contributed by atoms with Crippen LogP contribution < -0.4 is 10.0 Å². The predicted octanol–water partition coefficient (Wildman–Crippen LogP) is 10.4. The summed E-state index contributed by atoms with van der Waals surface area (Å²) in [5, 5.41) is 15.4. The molecular formula is C41H56N4O3S. The minimum atomic E-state index is -3.61. The summed E-state index contributed by atoms with van der Waals surface area (Å²) in [6.07, 6.45) is 19.5. The maximum atomic E-state index is 13.4. The Morgan fingerprint density at radius 1 is 0.633 bits per heavy atom. The van der Waals surface area contributed by atoms with E-state index in [2.05, 4.69) is 26.9 Å². The number of para-hydroxylation sites is 1. The highest BCUT2D eigenvalue weighted by atomic mass is 32.2. The first-order chi connectivity index (χ1) is 24.0. The van der Waals surface area contributed by atoms with Gasteiger partial charge in [-0.3, -0.25) is 9.71 Å². The second kappa shape index (κ2) is 21.4. The van der Waals surface area contributed by atoms with E-state index in [0.29, 0.717) is 29.2 Å². The van der Waals surface area contributed by atoms with E-state index in [1.165, 1.54) is 64.2 Å². The van der Waals surface area contributed by atoms with Gasteiger partial charge in [0.2, 0.25) is 10.0 Å². The molecule has 0 aliphatic heterocycles. The van der Waals surface area contributed by atoms with Crippen molar-refractivity contribution in [1.29, 1.82) is 0 Å². The molecule has 0 aliphatic carbocycles. The number of aliphatic hydroxyl groups is 1. The molecule has 264 valence electrons. The zero-order valence-corrected chi connectivity index (χ0v) is 30.0. The van der Waals surface area contributed by atoms with E-state index < -0.39 is 28.1 Å². The Hall–Kier alpha value is -3.75. The average Bonchev–Trinajstić information content (AvgIpc) is 3.13. The number of anilines is 2. The van der Waals surface area contributed by atoms with Crippen LogP contribution in [0.15, 0.2) is 103 Å². The average molecular weight is 685 g/mol. The molecule has 0 saturated heterocycles. The number of hydrogen-bond acceptors (Lipinski definition) is 6. The molecule has 4 aromatic rings. The number of hydrogen-bond donors (Lipinski definition) is 3.